The quantitative estimate of drug-likeness (QED) is 0.358. The lowest BCUT2D eigenvalue weighted by Gasteiger charge is -2.52. The molecule has 2 saturated carbocycles. The molecule has 216 valence electrons. The van der Waals surface area contributed by atoms with E-state index in [9.17, 15) is 34.2 Å². The standard InChI is InChI=1S/C30H33N3O8/c1-4-41-20-8-5-13(9-15(20)12-31)16-6-7-19(34)22-17(16)10-14-11-18-24(33(2)3)26(36)23(29(32)39)28(38)30(18,40)27(37)21(14)25(22)35/h5-9,14,18,21,23-24,34,40H,4,10-12,31H2,1-3H3,(H2,32,39). The fraction of sp³-hybridized carbons (Fsp3) is 0.433. The van der Waals surface area contributed by atoms with Gasteiger partial charge >= 0.3 is 0 Å². The van der Waals surface area contributed by atoms with Gasteiger partial charge in [-0.15, -0.1) is 0 Å². The second-order valence-corrected chi connectivity index (χ2v) is 11.2. The Kier molecular flexibility index (Phi) is 7.09. The van der Waals surface area contributed by atoms with Crippen LogP contribution in [0.5, 0.6) is 11.5 Å². The molecule has 0 aromatic heterocycles. The first-order valence-corrected chi connectivity index (χ1v) is 13.5. The third-order valence-corrected chi connectivity index (χ3v) is 8.84. The van der Waals surface area contributed by atoms with Gasteiger partial charge in [-0.3, -0.25) is 28.9 Å². The number of aliphatic hydroxyl groups is 1. The Morgan fingerprint density at radius 2 is 1.83 bits per heavy atom. The van der Waals surface area contributed by atoms with Crippen LogP contribution in [0.25, 0.3) is 11.1 Å². The molecule has 0 saturated heterocycles. The van der Waals surface area contributed by atoms with Crippen molar-refractivity contribution >= 4 is 29.0 Å². The molecular weight excluding hydrogens is 530 g/mol. The number of aromatic hydroxyl groups is 1. The monoisotopic (exact) mass is 563 g/mol. The van der Waals surface area contributed by atoms with Gasteiger partial charge in [0.25, 0.3) is 0 Å². The van der Waals surface area contributed by atoms with Crippen LogP contribution in [0.2, 0.25) is 0 Å². The van der Waals surface area contributed by atoms with Crippen LogP contribution in [0.3, 0.4) is 0 Å². The van der Waals surface area contributed by atoms with E-state index >= 15 is 0 Å². The van der Waals surface area contributed by atoms with Crippen molar-refractivity contribution in [2.75, 3.05) is 20.7 Å². The number of Topliss-reactive ketones (excluding diaryl/α,β-unsaturated/α-hetero) is 4. The molecule has 6 N–H and O–H groups in total. The Bertz CT molecular complexity index is 1500. The number of ketones is 4. The van der Waals surface area contributed by atoms with Crippen LogP contribution in [-0.4, -0.2) is 76.5 Å². The molecule has 2 aromatic rings. The third-order valence-electron chi connectivity index (χ3n) is 8.84. The fourth-order valence-electron chi connectivity index (χ4n) is 7.08. The average Bonchev–Trinajstić information content (AvgIpc) is 2.91. The SMILES string of the molecule is CCOc1ccc(-c2ccc(O)c3c2CC2CC4C(N(C)C)C(=O)C(C(N)=O)C(=O)C4(O)C(=O)C2C3=O)cc1CN. The first kappa shape index (κ1) is 28.6. The highest BCUT2D eigenvalue weighted by atomic mass is 16.5. The highest BCUT2D eigenvalue weighted by Gasteiger charge is 2.69. The van der Waals surface area contributed by atoms with Gasteiger partial charge in [-0.1, -0.05) is 12.1 Å². The Hall–Kier alpha value is -3.93. The van der Waals surface area contributed by atoms with Crippen LogP contribution in [-0.2, 0) is 32.1 Å². The van der Waals surface area contributed by atoms with E-state index in [1.807, 2.05) is 19.1 Å². The number of primary amides is 1. The second kappa shape index (κ2) is 10.2. The summed E-state index contributed by atoms with van der Waals surface area (Å²) in [4.78, 5) is 68.1. The number of ether oxygens (including phenoxy) is 1. The van der Waals surface area contributed by atoms with Crippen molar-refractivity contribution in [3.63, 3.8) is 0 Å². The zero-order valence-electron chi connectivity index (χ0n) is 23.0. The van der Waals surface area contributed by atoms with E-state index in [0.717, 1.165) is 11.1 Å². The van der Waals surface area contributed by atoms with Crippen molar-refractivity contribution in [3.05, 3.63) is 47.0 Å². The maximum absolute atomic E-state index is 14.0. The largest absolute Gasteiger partial charge is 0.507 e. The number of carbonyl (C=O) groups is 5. The molecule has 2 fully saturated rings. The molecule has 0 spiro atoms. The molecule has 3 aliphatic carbocycles. The topological polar surface area (TPSA) is 190 Å². The number of phenolic OH excluding ortho intramolecular Hbond substituents is 1. The molecule has 0 aliphatic heterocycles. The highest BCUT2D eigenvalue weighted by molar-refractivity contribution is 6.32. The lowest BCUT2D eigenvalue weighted by atomic mass is 9.52. The maximum atomic E-state index is 14.0. The van der Waals surface area contributed by atoms with E-state index in [1.165, 1.54) is 11.0 Å². The van der Waals surface area contributed by atoms with Crippen molar-refractivity contribution in [1.29, 1.82) is 0 Å². The summed E-state index contributed by atoms with van der Waals surface area (Å²) in [5.41, 5.74) is 11.2. The van der Waals surface area contributed by atoms with E-state index in [0.29, 0.717) is 23.5 Å². The van der Waals surface area contributed by atoms with E-state index < -0.39 is 64.4 Å². The molecule has 6 unspecified atom stereocenters. The summed E-state index contributed by atoms with van der Waals surface area (Å²) < 4.78 is 5.66. The summed E-state index contributed by atoms with van der Waals surface area (Å²) in [5.74, 6) is -10.1. The summed E-state index contributed by atoms with van der Waals surface area (Å²) in [6.07, 6.45) is 0.150. The van der Waals surface area contributed by atoms with Crippen LogP contribution in [0.1, 0.15) is 34.8 Å². The lowest BCUT2D eigenvalue weighted by Crippen LogP contribution is -2.74. The Morgan fingerprint density at radius 1 is 1.12 bits per heavy atom. The molecule has 2 aromatic carbocycles. The molecule has 5 rings (SSSR count). The summed E-state index contributed by atoms with van der Waals surface area (Å²) >= 11 is 0. The van der Waals surface area contributed by atoms with E-state index in [4.69, 9.17) is 16.2 Å². The van der Waals surface area contributed by atoms with Gasteiger partial charge in [-0.25, -0.2) is 0 Å². The molecule has 11 heteroatoms. The number of phenols is 1. The number of likely N-dealkylation sites (N-methyl/N-ethyl adjacent to an activating group) is 1. The predicted molar refractivity (Wildman–Crippen MR) is 146 cm³/mol. The van der Waals surface area contributed by atoms with Gasteiger partial charge in [0.15, 0.2) is 34.7 Å². The number of nitrogens with zero attached hydrogens (tertiary/aromatic N) is 1. The number of amides is 1. The van der Waals surface area contributed by atoms with E-state index in [-0.39, 0.29) is 30.7 Å². The van der Waals surface area contributed by atoms with Crippen LogP contribution >= 0.6 is 0 Å². The smallest absolute Gasteiger partial charge is 0.235 e. The molecule has 0 heterocycles. The molecular formula is C30H33N3O8. The van der Waals surface area contributed by atoms with Gasteiger partial charge < -0.3 is 26.4 Å². The predicted octanol–water partition coefficient (Wildman–Crippen LogP) is 0.391. The van der Waals surface area contributed by atoms with Crippen molar-refractivity contribution in [2.45, 2.75) is 38.0 Å². The van der Waals surface area contributed by atoms with Crippen molar-refractivity contribution in [3.8, 4) is 22.6 Å². The molecule has 11 nitrogen and oxygen atoms in total. The van der Waals surface area contributed by atoms with Gasteiger partial charge in [0.05, 0.1) is 24.1 Å². The molecule has 41 heavy (non-hydrogen) atoms. The Labute approximate surface area is 236 Å². The van der Waals surface area contributed by atoms with Crippen LogP contribution in [0.15, 0.2) is 30.3 Å². The average molecular weight is 564 g/mol. The number of fused-ring (bicyclic) bond motifs is 3. The molecule has 1 amide bonds. The minimum Gasteiger partial charge on any atom is -0.507 e. The normalized spacial score (nSPS) is 29.2. The number of rotatable bonds is 6. The van der Waals surface area contributed by atoms with Crippen LogP contribution in [0, 0.1) is 23.7 Å². The first-order chi connectivity index (χ1) is 19.4. The summed E-state index contributed by atoms with van der Waals surface area (Å²) in [6.45, 7) is 2.53. The first-order valence-electron chi connectivity index (χ1n) is 13.5. The van der Waals surface area contributed by atoms with Crippen molar-refractivity contribution in [1.82, 2.24) is 4.90 Å². The van der Waals surface area contributed by atoms with Crippen molar-refractivity contribution < 1.29 is 38.9 Å². The Balaban J connectivity index is 1.64. The minimum absolute atomic E-state index is 0.0175. The van der Waals surface area contributed by atoms with Crippen molar-refractivity contribution in [2.24, 2.45) is 35.1 Å². The number of carbonyl (C=O) groups excluding carboxylic acids is 5. The molecule has 0 radical (unpaired) electrons. The second-order valence-electron chi connectivity index (χ2n) is 11.2. The number of hydrogen-bond acceptors (Lipinski definition) is 10. The lowest BCUT2D eigenvalue weighted by molar-refractivity contribution is -0.181. The summed E-state index contributed by atoms with van der Waals surface area (Å²) in [5, 5.41) is 22.5. The van der Waals surface area contributed by atoms with Gasteiger partial charge in [0, 0.05) is 18.0 Å². The zero-order chi connectivity index (χ0) is 30.0. The van der Waals surface area contributed by atoms with E-state index in [1.54, 1.807) is 26.2 Å². The van der Waals surface area contributed by atoms with Gasteiger partial charge in [0.1, 0.15) is 11.5 Å². The molecule has 0 bridgehead atoms. The van der Waals surface area contributed by atoms with Gasteiger partial charge in [0.2, 0.25) is 5.91 Å². The fourth-order valence-corrected chi connectivity index (χ4v) is 7.08. The zero-order valence-corrected chi connectivity index (χ0v) is 23.0. The number of nitrogens with two attached hydrogens (primary N) is 2. The number of benzene rings is 2. The third kappa shape index (κ3) is 4.10. The van der Waals surface area contributed by atoms with Crippen LogP contribution < -0.4 is 16.2 Å². The highest BCUT2D eigenvalue weighted by Crippen LogP contribution is 2.51. The summed E-state index contributed by atoms with van der Waals surface area (Å²) in [7, 11) is 3.09. The Morgan fingerprint density at radius 3 is 2.44 bits per heavy atom. The van der Waals surface area contributed by atoms with Gasteiger partial charge in [-0.2, -0.15) is 0 Å². The minimum atomic E-state index is -2.75. The van der Waals surface area contributed by atoms with Crippen LogP contribution in [0.4, 0.5) is 0 Å². The molecule has 6 atom stereocenters. The summed E-state index contributed by atoms with van der Waals surface area (Å²) in [6, 6.07) is 7.36. The maximum Gasteiger partial charge on any atom is 0.235 e. The number of hydrogen-bond donors (Lipinski definition) is 4. The van der Waals surface area contributed by atoms with E-state index in [2.05, 4.69) is 0 Å². The van der Waals surface area contributed by atoms with Gasteiger partial charge in [-0.05, 0) is 74.7 Å². The molecule has 3 aliphatic rings.